The number of carbonyl (C=O) groups is 1. The summed E-state index contributed by atoms with van der Waals surface area (Å²) in [5.41, 5.74) is 0.727. The molecule has 1 saturated heterocycles. The minimum absolute atomic E-state index is 0.0824. The van der Waals surface area contributed by atoms with Gasteiger partial charge in [0.25, 0.3) is 5.56 Å². The first kappa shape index (κ1) is 21.8. The molecule has 1 aliphatic rings. The van der Waals surface area contributed by atoms with Crippen LogP contribution in [0.15, 0.2) is 41.5 Å². The molecule has 1 aromatic carbocycles. The van der Waals surface area contributed by atoms with Gasteiger partial charge in [0.15, 0.2) is 5.52 Å². The lowest BCUT2D eigenvalue weighted by atomic mass is 9.90. The summed E-state index contributed by atoms with van der Waals surface area (Å²) < 4.78 is 2.84. The van der Waals surface area contributed by atoms with Crippen molar-refractivity contribution in [2.24, 2.45) is 7.05 Å². The van der Waals surface area contributed by atoms with Gasteiger partial charge in [-0.05, 0) is 30.2 Å². The molecular formula is C24H27N5O3. The number of fused-ring (bicyclic) bond motifs is 1. The number of aliphatic hydroxyl groups is 1. The van der Waals surface area contributed by atoms with E-state index in [2.05, 4.69) is 16.0 Å². The standard InChI is InChI=1S/C24H27N5O3/c1-4-19-21-22(26-27(19)3)23(31)29(16-25-21)15-24(32)10-12-28(13-11-24)20(30)14-17(2)18-8-6-5-7-9-18/h1,5-9,16-17,32H,10-15H2,2-3H3/t17-/m1/s1. The molecule has 1 amide bonds. The Hall–Kier alpha value is -3.44. The molecule has 0 bridgehead atoms. The lowest BCUT2D eigenvalue weighted by Crippen LogP contribution is -2.49. The summed E-state index contributed by atoms with van der Waals surface area (Å²) in [4.78, 5) is 31.7. The van der Waals surface area contributed by atoms with Crippen molar-refractivity contribution in [3.8, 4) is 12.3 Å². The lowest BCUT2D eigenvalue weighted by Gasteiger charge is -2.38. The number of carbonyl (C=O) groups excluding carboxylic acids is 1. The van der Waals surface area contributed by atoms with Gasteiger partial charge in [0, 0.05) is 26.6 Å². The fourth-order valence-corrected chi connectivity index (χ4v) is 4.31. The molecule has 0 aliphatic carbocycles. The van der Waals surface area contributed by atoms with Gasteiger partial charge in [0.2, 0.25) is 5.91 Å². The quantitative estimate of drug-likeness (QED) is 0.618. The average Bonchev–Trinajstić information content (AvgIpc) is 3.12. The molecule has 8 nitrogen and oxygen atoms in total. The summed E-state index contributed by atoms with van der Waals surface area (Å²) in [6.45, 7) is 3.05. The van der Waals surface area contributed by atoms with Gasteiger partial charge >= 0.3 is 0 Å². The van der Waals surface area contributed by atoms with E-state index < -0.39 is 5.60 Å². The van der Waals surface area contributed by atoms with Crippen molar-refractivity contribution in [1.29, 1.82) is 0 Å². The number of hydrogen-bond acceptors (Lipinski definition) is 5. The maximum absolute atomic E-state index is 12.9. The second-order valence-corrected chi connectivity index (χ2v) is 8.61. The van der Waals surface area contributed by atoms with Gasteiger partial charge in [-0.2, -0.15) is 5.10 Å². The molecule has 166 valence electrons. The number of terminal acetylenes is 1. The number of piperidine rings is 1. The number of benzene rings is 1. The molecule has 1 atom stereocenters. The number of nitrogens with zero attached hydrogens (tertiary/aromatic N) is 5. The molecule has 1 fully saturated rings. The van der Waals surface area contributed by atoms with Crippen molar-refractivity contribution in [3.05, 3.63) is 58.3 Å². The molecule has 0 saturated carbocycles. The largest absolute Gasteiger partial charge is 0.388 e. The van der Waals surface area contributed by atoms with E-state index in [0.717, 1.165) is 5.56 Å². The summed E-state index contributed by atoms with van der Waals surface area (Å²) >= 11 is 0. The van der Waals surface area contributed by atoms with E-state index in [1.807, 2.05) is 37.3 Å². The third-order valence-corrected chi connectivity index (χ3v) is 6.31. The lowest BCUT2D eigenvalue weighted by molar-refractivity contribution is -0.136. The summed E-state index contributed by atoms with van der Waals surface area (Å²) in [7, 11) is 1.67. The van der Waals surface area contributed by atoms with Crippen LogP contribution in [0.4, 0.5) is 0 Å². The van der Waals surface area contributed by atoms with Crippen molar-refractivity contribution < 1.29 is 9.90 Å². The highest BCUT2D eigenvalue weighted by Crippen LogP contribution is 2.26. The minimum atomic E-state index is -1.09. The van der Waals surface area contributed by atoms with Crippen molar-refractivity contribution in [1.82, 2.24) is 24.2 Å². The third kappa shape index (κ3) is 4.16. The van der Waals surface area contributed by atoms with Crippen molar-refractivity contribution >= 4 is 16.9 Å². The first-order valence-corrected chi connectivity index (χ1v) is 10.8. The smallest absolute Gasteiger partial charge is 0.281 e. The van der Waals surface area contributed by atoms with E-state index in [1.165, 1.54) is 15.6 Å². The van der Waals surface area contributed by atoms with E-state index in [1.54, 1.807) is 11.9 Å². The van der Waals surface area contributed by atoms with Crippen LogP contribution in [0.3, 0.4) is 0 Å². The molecule has 0 unspecified atom stereocenters. The third-order valence-electron chi connectivity index (χ3n) is 6.31. The van der Waals surface area contributed by atoms with Crippen LogP contribution < -0.4 is 5.56 Å². The molecule has 3 heterocycles. The molecule has 1 aliphatic heterocycles. The zero-order valence-corrected chi connectivity index (χ0v) is 18.4. The maximum Gasteiger partial charge on any atom is 0.281 e. The molecule has 2 aromatic heterocycles. The van der Waals surface area contributed by atoms with Crippen molar-refractivity contribution in [2.45, 2.75) is 44.2 Å². The summed E-state index contributed by atoms with van der Waals surface area (Å²) in [6, 6.07) is 9.98. The SMILES string of the molecule is C#Cc1c2ncn(CC3(O)CCN(C(=O)C[C@@H](C)c4ccccc4)CC3)c(=O)c2nn1C. The van der Waals surface area contributed by atoms with Gasteiger partial charge in [-0.3, -0.25) is 18.8 Å². The van der Waals surface area contributed by atoms with Crippen molar-refractivity contribution in [2.75, 3.05) is 13.1 Å². The fourth-order valence-electron chi connectivity index (χ4n) is 4.31. The molecule has 8 heteroatoms. The van der Waals surface area contributed by atoms with Gasteiger partial charge in [-0.1, -0.05) is 37.3 Å². The second kappa shape index (κ2) is 8.60. The van der Waals surface area contributed by atoms with Crippen LogP contribution in [-0.2, 0) is 18.4 Å². The number of hydrogen-bond donors (Lipinski definition) is 1. The Bertz CT molecular complexity index is 1230. The fraction of sp³-hybridized carbons (Fsp3) is 0.417. The van der Waals surface area contributed by atoms with Crippen LogP contribution in [0.1, 0.15) is 43.4 Å². The van der Waals surface area contributed by atoms with E-state index in [9.17, 15) is 14.7 Å². The van der Waals surface area contributed by atoms with Crippen LogP contribution in [0, 0.1) is 12.3 Å². The number of rotatable bonds is 5. The van der Waals surface area contributed by atoms with Crippen LogP contribution in [0.25, 0.3) is 11.0 Å². The zero-order valence-electron chi connectivity index (χ0n) is 18.4. The topological polar surface area (TPSA) is 93.2 Å². The van der Waals surface area contributed by atoms with Crippen molar-refractivity contribution in [3.63, 3.8) is 0 Å². The highest BCUT2D eigenvalue weighted by Gasteiger charge is 2.35. The van der Waals surface area contributed by atoms with Gasteiger partial charge in [-0.25, -0.2) is 4.98 Å². The number of aryl methyl sites for hydroxylation is 1. The number of likely N-dealkylation sites (tertiary alicyclic amines) is 1. The predicted molar refractivity (Wildman–Crippen MR) is 121 cm³/mol. The molecule has 32 heavy (non-hydrogen) atoms. The Morgan fingerprint density at radius 2 is 1.94 bits per heavy atom. The normalized spacial score (nSPS) is 16.6. The van der Waals surface area contributed by atoms with Gasteiger partial charge in [0.1, 0.15) is 11.2 Å². The average molecular weight is 434 g/mol. The molecule has 0 spiro atoms. The molecule has 3 aromatic rings. The summed E-state index contributed by atoms with van der Waals surface area (Å²) in [6.07, 6.45) is 8.10. The first-order chi connectivity index (χ1) is 15.3. The van der Waals surface area contributed by atoms with Gasteiger partial charge in [0.05, 0.1) is 18.5 Å². The maximum atomic E-state index is 12.9. The summed E-state index contributed by atoms with van der Waals surface area (Å²) in [5, 5.41) is 15.3. The van der Waals surface area contributed by atoms with Crippen LogP contribution in [-0.4, -0.2) is 53.9 Å². The predicted octanol–water partition coefficient (Wildman–Crippen LogP) is 1.66. The van der Waals surface area contributed by atoms with E-state index >= 15 is 0 Å². The van der Waals surface area contributed by atoms with E-state index in [0.29, 0.717) is 43.6 Å². The molecular weight excluding hydrogens is 406 g/mol. The van der Waals surface area contributed by atoms with Gasteiger partial charge < -0.3 is 10.0 Å². The molecule has 0 radical (unpaired) electrons. The Morgan fingerprint density at radius 1 is 1.25 bits per heavy atom. The molecule has 4 rings (SSSR count). The number of aromatic nitrogens is 4. The van der Waals surface area contributed by atoms with Gasteiger partial charge in [-0.15, -0.1) is 6.42 Å². The Balaban J connectivity index is 1.41. The van der Waals surface area contributed by atoms with Crippen LogP contribution in [0.5, 0.6) is 0 Å². The number of amides is 1. The summed E-state index contributed by atoms with van der Waals surface area (Å²) in [5.74, 6) is 2.71. The highest BCUT2D eigenvalue weighted by molar-refractivity contribution is 5.79. The highest BCUT2D eigenvalue weighted by atomic mass is 16.3. The second-order valence-electron chi connectivity index (χ2n) is 8.61. The Kier molecular flexibility index (Phi) is 5.85. The minimum Gasteiger partial charge on any atom is -0.388 e. The monoisotopic (exact) mass is 433 g/mol. The Morgan fingerprint density at radius 3 is 2.59 bits per heavy atom. The zero-order chi connectivity index (χ0) is 22.9. The van der Waals surface area contributed by atoms with Crippen LogP contribution >= 0.6 is 0 Å². The molecule has 1 N–H and O–H groups in total. The van der Waals surface area contributed by atoms with E-state index in [4.69, 9.17) is 6.42 Å². The van der Waals surface area contributed by atoms with Crippen LogP contribution in [0.2, 0.25) is 0 Å². The first-order valence-electron chi connectivity index (χ1n) is 10.8. The van der Waals surface area contributed by atoms with E-state index in [-0.39, 0.29) is 29.4 Å². The Labute approximate surface area is 186 Å².